The number of rotatable bonds is 2. The fourth-order valence-corrected chi connectivity index (χ4v) is 1.25. The van der Waals surface area contributed by atoms with Gasteiger partial charge < -0.3 is 5.73 Å². The van der Waals surface area contributed by atoms with E-state index >= 15 is 0 Å². The summed E-state index contributed by atoms with van der Waals surface area (Å²) in [5.41, 5.74) is 7.10. The number of pyridine rings is 2. The third kappa shape index (κ3) is 1.83. The monoisotopic (exact) mass is 199 g/mol. The molecule has 0 bridgehead atoms. The van der Waals surface area contributed by atoms with Crippen molar-refractivity contribution in [3.05, 3.63) is 54.1 Å². The van der Waals surface area contributed by atoms with E-state index in [9.17, 15) is 4.79 Å². The van der Waals surface area contributed by atoms with Gasteiger partial charge in [0, 0.05) is 36.0 Å². The molecule has 2 N–H and O–H groups in total. The molecule has 0 unspecified atom stereocenters. The minimum absolute atomic E-state index is 0.136. The summed E-state index contributed by atoms with van der Waals surface area (Å²) in [6, 6.07) is 4.90. The average Bonchev–Trinajstić information content (AvgIpc) is 2.30. The van der Waals surface area contributed by atoms with Crippen LogP contribution in [0.3, 0.4) is 0 Å². The van der Waals surface area contributed by atoms with Crippen LogP contribution < -0.4 is 5.73 Å². The lowest BCUT2D eigenvalue weighted by Crippen LogP contribution is -2.05. The number of anilines is 1. The Kier molecular flexibility index (Phi) is 2.41. The predicted molar refractivity (Wildman–Crippen MR) is 56.3 cm³/mol. The van der Waals surface area contributed by atoms with Crippen LogP contribution in [-0.4, -0.2) is 15.8 Å². The SMILES string of the molecule is Nc1ccncc1C(=O)c1ccncc1. The molecule has 0 aliphatic heterocycles. The first-order valence-electron chi connectivity index (χ1n) is 4.43. The van der Waals surface area contributed by atoms with Crippen LogP contribution in [0.15, 0.2) is 43.0 Å². The summed E-state index contributed by atoms with van der Waals surface area (Å²) < 4.78 is 0. The van der Waals surface area contributed by atoms with Gasteiger partial charge in [-0.05, 0) is 18.2 Å². The quantitative estimate of drug-likeness (QED) is 0.740. The second-order valence-corrected chi connectivity index (χ2v) is 3.03. The fourth-order valence-electron chi connectivity index (χ4n) is 1.25. The maximum atomic E-state index is 11.9. The van der Waals surface area contributed by atoms with E-state index in [1.165, 1.54) is 6.20 Å². The highest BCUT2D eigenvalue weighted by Crippen LogP contribution is 2.13. The van der Waals surface area contributed by atoms with Crippen LogP contribution in [0.2, 0.25) is 0 Å². The second kappa shape index (κ2) is 3.88. The number of carbonyl (C=O) groups excluding carboxylic acids is 1. The van der Waals surface area contributed by atoms with E-state index in [4.69, 9.17) is 5.73 Å². The van der Waals surface area contributed by atoms with Gasteiger partial charge in [-0.25, -0.2) is 0 Å². The van der Waals surface area contributed by atoms with Gasteiger partial charge in [0.05, 0.1) is 5.56 Å². The predicted octanol–water partition coefficient (Wildman–Crippen LogP) is 1.29. The summed E-state index contributed by atoms with van der Waals surface area (Å²) in [5, 5.41) is 0. The van der Waals surface area contributed by atoms with E-state index in [0.29, 0.717) is 16.8 Å². The van der Waals surface area contributed by atoms with E-state index in [1.807, 2.05) is 0 Å². The normalized spacial score (nSPS) is 9.87. The minimum Gasteiger partial charge on any atom is -0.398 e. The first-order chi connectivity index (χ1) is 7.29. The Labute approximate surface area is 86.8 Å². The number of nitrogens with two attached hydrogens (primary N) is 1. The van der Waals surface area contributed by atoms with E-state index in [1.54, 1.807) is 36.8 Å². The van der Waals surface area contributed by atoms with Crippen LogP contribution in [-0.2, 0) is 0 Å². The van der Waals surface area contributed by atoms with E-state index < -0.39 is 0 Å². The molecule has 0 saturated carbocycles. The van der Waals surface area contributed by atoms with Crippen molar-refractivity contribution < 1.29 is 4.79 Å². The molecule has 0 saturated heterocycles. The highest BCUT2D eigenvalue weighted by Gasteiger charge is 2.11. The van der Waals surface area contributed by atoms with Crippen LogP contribution in [0.4, 0.5) is 5.69 Å². The number of nitrogen functional groups attached to an aromatic ring is 1. The van der Waals surface area contributed by atoms with Gasteiger partial charge in [0.2, 0.25) is 0 Å². The summed E-state index contributed by atoms with van der Waals surface area (Å²) in [6.07, 6.45) is 6.16. The fraction of sp³-hybridized carbons (Fsp3) is 0. The van der Waals surface area contributed by atoms with Gasteiger partial charge >= 0.3 is 0 Å². The Morgan fingerprint density at radius 2 is 1.73 bits per heavy atom. The number of aromatic nitrogens is 2. The number of hydrogen-bond donors (Lipinski definition) is 1. The van der Waals surface area contributed by atoms with Crippen LogP contribution in [0.25, 0.3) is 0 Å². The van der Waals surface area contributed by atoms with Gasteiger partial charge in [0.15, 0.2) is 5.78 Å². The maximum absolute atomic E-state index is 11.9. The molecule has 4 nitrogen and oxygen atoms in total. The number of hydrogen-bond acceptors (Lipinski definition) is 4. The summed E-state index contributed by atoms with van der Waals surface area (Å²) in [5.74, 6) is -0.136. The van der Waals surface area contributed by atoms with Gasteiger partial charge in [-0.2, -0.15) is 0 Å². The zero-order chi connectivity index (χ0) is 10.7. The van der Waals surface area contributed by atoms with Crippen molar-refractivity contribution >= 4 is 11.5 Å². The van der Waals surface area contributed by atoms with Crippen molar-refractivity contribution in [1.29, 1.82) is 0 Å². The molecule has 0 spiro atoms. The topological polar surface area (TPSA) is 68.9 Å². The maximum Gasteiger partial charge on any atom is 0.196 e. The Morgan fingerprint density at radius 3 is 2.40 bits per heavy atom. The molecule has 0 aliphatic rings. The molecular formula is C11H9N3O. The van der Waals surface area contributed by atoms with E-state index in [-0.39, 0.29) is 5.78 Å². The first-order valence-corrected chi connectivity index (χ1v) is 4.43. The minimum atomic E-state index is -0.136. The number of carbonyl (C=O) groups is 1. The second-order valence-electron chi connectivity index (χ2n) is 3.03. The molecule has 4 heteroatoms. The van der Waals surface area contributed by atoms with Gasteiger partial charge in [-0.15, -0.1) is 0 Å². The van der Waals surface area contributed by atoms with E-state index in [0.717, 1.165) is 0 Å². The Morgan fingerprint density at radius 1 is 1.07 bits per heavy atom. The zero-order valence-corrected chi connectivity index (χ0v) is 7.92. The number of nitrogens with zero attached hydrogens (tertiary/aromatic N) is 2. The van der Waals surface area contributed by atoms with Crippen molar-refractivity contribution in [2.45, 2.75) is 0 Å². The van der Waals surface area contributed by atoms with Gasteiger partial charge in [-0.3, -0.25) is 14.8 Å². The lowest BCUT2D eigenvalue weighted by atomic mass is 10.1. The molecule has 0 aliphatic carbocycles. The lowest BCUT2D eigenvalue weighted by molar-refractivity contribution is 0.103. The molecule has 2 rings (SSSR count). The summed E-state index contributed by atoms with van der Waals surface area (Å²) in [6.45, 7) is 0. The van der Waals surface area contributed by atoms with Crippen molar-refractivity contribution in [1.82, 2.24) is 9.97 Å². The molecule has 2 heterocycles. The highest BCUT2D eigenvalue weighted by molar-refractivity contribution is 6.11. The molecule has 0 amide bonds. The van der Waals surface area contributed by atoms with Crippen LogP contribution >= 0.6 is 0 Å². The molecule has 2 aromatic heterocycles. The average molecular weight is 199 g/mol. The lowest BCUT2D eigenvalue weighted by Gasteiger charge is -2.02. The highest BCUT2D eigenvalue weighted by atomic mass is 16.1. The third-order valence-electron chi connectivity index (χ3n) is 2.04. The van der Waals surface area contributed by atoms with Gasteiger partial charge in [0.1, 0.15) is 0 Å². The molecule has 15 heavy (non-hydrogen) atoms. The van der Waals surface area contributed by atoms with Crippen LogP contribution in [0, 0.1) is 0 Å². The Balaban J connectivity index is 2.42. The van der Waals surface area contributed by atoms with E-state index in [2.05, 4.69) is 9.97 Å². The first kappa shape index (κ1) is 9.33. The largest absolute Gasteiger partial charge is 0.398 e. The summed E-state index contributed by atoms with van der Waals surface area (Å²) in [4.78, 5) is 19.6. The van der Waals surface area contributed by atoms with Crippen molar-refractivity contribution in [2.24, 2.45) is 0 Å². The smallest absolute Gasteiger partial charge is 0.196 e. The molecule has 2 aromatic rings. The number of ketones is 1. The molecule has 0 atom stereocenters. The van der Waals surface area contributed by atoms with Gasteiger partial charge in [0.25, 0.3) is 0 Å². The molecule has 74 valence electrons. The van der Waals surface area contributed by atoms with Crippen molar-refractivity contribution in [3.8, 4) is 0 Å². The molecule has 0 aromatic carbocycles. The van der Waals surface area contributed by atoms with Gasteiger partial charge in [-0.1, -0.05) is 0 Å². The van der Waals surface area contributed by atoms with Crippen LogP contribution in [0.5, 0.6) is 0 Å². The molecule has 0 fully saturated rings. The van der Waals surface area contributed by atoms with Crippen LogP contribution in [0.1, 0.15) is 15.9 Å². The standard InChI is InChI=1S/C11H9N3O/c12-10-3-6-14-7-9(10)11(15)8-1-4-13-5-2-8/h1-7H,(H2,12,14). The summed E-state index contributed by atoms with van der Waals surface area (Å²) in [7, 11) is 0. The Hall–Kier alpha value is -2.23. The molecular weight excluding hydrogens is 190 g/mol. The molecule has 0 radical (unpaired) electrons. The summed E-state index contributed by atoms with van der Waals surface area (Å²) >= 11 is 0. The van der Waals surface area contributed by atoms with Crippen molar-refractivity contribution in [3.63, 3.8) is 0 Å². The third-order valence-corrected chi connectivity index (χ3v) is 2.04. The Bertz CT molecular complexity index is 482. The zero-order valence-electron chi connectivity index (χ0n) is 7.92. The van der Waals surface area contributed by atoms with Crippen molar-refractivity contribution in [2.75, 3.05) is 5.73 Å².